The van der Waals surface area contributed by atoms with Crippen molar-refractivity contribution >= 4 is 19.8 Å². The fourth-order valence-corrected chi connectivity index (χ4v) is 5.44. The zero-order valence-electron chi connectivity index (χ0n) is 28.6. The number of hydrogen-bond acceptors (Lipinski definition) is 8. The lowest BCUT2D eigenvalue weighted by Crippen LogP contribution is -2.29. The van der Waals surface area contributed by atoms with Crippen LogP contribution in [0, 0.1) is 0 Å². The maximum absolute atomic E-state index is 12.4. The predicted molar refractivity (Wildman–Crippen MR) is 183 cm³/mol. The van der Waals surface area contributed by atoms with Crippen molar-refractivity contribution in [3.8, 4) is 0 Å². The van der Waals surface area contributed by atoms with E-state index in [-0.39, 0.29) is 32.6 Å². The summed E-state index contributed by atoms with van der Waals surface area (Å²) in [5.74, 6) is -0.889. The first kappa shape index (κ1) is 43.5. The van der Waals surface area contributed by atoms with E-state index in [4.69, 9.17) is 24.3 Å². The van der Waals surface area contributed by atoms with Crippen LogP contribution in [0.4, 0.5) is 0 Å². The monoisotopic (exact) mass is 659 g/mol. The van der Waals surface area contributed by atoms with Crippen LogP contribution in [-0.2, 0) is 32.7 Å². The Kier molecular flexibility index (Phi) is 31.3. The third-order valence-corrected chi connectivity index (χ3v) is 8.32. The molecule has 0 saturated heterocycles. The van der Waals surface area contributed by atoms with Crippen LogP contribution in [0.1, 0.15) is 155 Å². The summed E-state index contributed by atoms with van der Waals surface area (Å²) in [6.07, 6.45) is 31.0. The predicted octanol–water partition coefficient (Wildman–Crippen LogP) is 9.27. The number of phosphoric ester groups is 1. The van der Waals surface area contributed by atoms with Crippen molar-refractivity contribution in [1.29, 1.82) is 0 Å². The number of nitrogens with two attached hydrogens (primary N) is 1. The lowest BCUT2D eigenvalue weighted by molar-refractivity contribution is -0.161. The molecule has 0 rings (SSSR count). The highest BCUT2D eigenvalue weighted by Gasteiger charge is 2.25. The van der Waals surface area contributed by atoms with E-state index in [0.29, 0.717) is 12.8 Å². The summed E-state index contributed by atoms with van der Waals surface area (Å²) >= 11 is 0. The van der Waals surface area contributed by atoms with Gasteiger partial charge in [-0.25, -0.2) is 4.57 Å². The number of rotatable bonds is 33. The molecule has 0 aromatic heterocycles. The molecule has 1 unspecified atom stereocenters. The van der Waals surface area contributed by atoms with Crippen molar-refractivity contribution in [2.24, 2.45) is 5.73 Å². The summed E-state index contributed by atoms with van der Waals surface area (Å²) < 4.78 is 32.4. The molecule has 0 amide bonds. The van der Waals surface area contributed by atoms with Gasteiger partial charge in [0.05, 0.1) is 13.2 Å². The maximum Gasteiger partial charge on any atom is 0.472 e. The number of esters is 2. The first-order chi connectivity index (χ1) is 21.8. The summed E-state index contributed by atoms with van der Waals surface area (Å²) in [5.41, 5.74) is 5.30. The van der Waals surface area contributed by atoms with Crippen LogP contribution < -0.4 is 5.73 Å². The third kappa shape index (κ3) is 32.2. The number of phosphoric acid groups is 1. The lowest BCUT2D eigenvalue weighted by Gasteiger charge is -2.19. The molecule has 0 saturated carbocycles. The van der Waals surface area contributed by atoms with E-state index in [9.17, 15) is 19.0 Å². The molecular weight excluding hydrogens is 593 g/mol. The van der Waals surface area contributed by atoms with Gasteiger partial charge in [0.1, 0.15) is 6.61 Å². The van der Waals surface area contributed by atoms with Crippen molar-refractivity contribution in [2.45, 2.75) is 161 Å². The zero-order chi connectivity index (χ0) is 33.3. The third-order valence-electron chi connectivity index (χ3n) is 7.34. The highest BCUT2D eigenvalue weighted by Crippen LogP contribution is 2.43. The van der Waals surface area contributed by atoms with Crippen LogP contribution >= 0.6 is 7.82 Å². The van der Waals surface area contributed by atoms with Crippen LogP contribution in [-0.4, -0.2) is 49.3 Å². The molecule has 0 aromatic rings. The van der Waals surface area contributed by atoms with Crippen molar-refractivity contribution in [2.75, 3.05) is 26.4 Å². The average Bonchev–Trinajstić information content (AvgIpc) is 3.02. The number of unbranched alkanes of at least 4 members (excludes halogenated alkanes) is 16. The van der Waals surface area contributed by atoms with Gasteiger partial charge in [0.25, 0.3) is 0 Å². The van der Waals surface area contributed by atoms with Crippen LogP contribution in [0.15, 0.2) is 24.3 Å². The molecule has 0 fully saturated rings. The highest BCUT2D eigenvalue weighted by molar-refractivity contribution is 7.47. The average molecular weight is 660 g/mol. The summed E-state index contributed by atoms with van der Waals surface area (Å²) in [6, 6.07) is 0. The molecule has 264 valence electrons. The summed E-state index contributed by atoms with van der Waals surface area (Å²) in [5, 5.41) is 0. The number of carbonyl (C=O) groups excluding carboxylic acids is 2. The molecule has 0 aliphatic carbocycles. The quantitative estimate of drug-likeness (QED) is 0.0306. The number of carbonyl (C=O) groups is 2. The van der Waals surface area contributed by atoms with Crippen molar-refractivity contribution in [3.63, 3.8) is 0 Å². The molecule has 0 bridgehead atoms. The largest absolute Gasteiger partial charge is 0.472 e. The Morgan fingerprint density at radius 1 is 0.667 bits per heavy atom. The van der Waals surface area contributed by atoms with E-state index < -0.39 is 32.5 Å². The van der Waals surface area contributed by atoms with E-state index in [1.165, 1.54) is 77.0 Å². The van der Waals surface area contributed by atoms with Gasteiger partial charge >= 0.3 is 19.8 Å². The second-order valence-corrected chi connectivity index (χ2v) is 13.2. The number of ether oxygens (including phenoxy) is 2. The van der Waals surface area contributed by atoms with Crippen LogP contribution in [0.2, 0.25) is 0 Å². The Labute approximate surface area is 274 Å². The van der Waals surface area contributed by atoms with Gasteiger partial charge in [0.15, 0.2) is 6.10 Å². The molecule has 0 aliphatic rings. The number of allylic oxidation sites excluding steroid dienone is 4. The Morgan fingerprint density at radius 2 is 1.18 bits per heavy atom. The summed E-state index contributed by atoms with van der Waals surface area (Å²) in [6.45, 7) is 3.61. The molecule has 9 nitrogen and oxygen atoms in total. The summed E-state index contributed by atoms with van der Waals surface area (Å²) in [7, 11) is -4.37. The highest BCUT2D eigenvalue weighted by atomic mass is 31.2. The van der Waals surface area contributed by atoms with Gasteiger partial charge in [0, 0.05) is 19.4 Å². The first-order valence-electron chi connectivity index (χ1n) is 17.8. The van der Waals surface area contributed by atoms with Crippen LogP contribution in [0.5, 0.6) is 0 Å². The normalized spacial score (nSPS) is 13.8. The first-order valence-corrected chi connectivity index (χ1v) is 19.3. The van der Waals surface area contributed by atoms with E-state index in [1.54, 1.807) is 0 Å². The molecule has 0 radical (unpaired) electrons. The van der Waals surface area contributed by atoms with Gasteiger partial charge < -0.3 is 20.1 Å². The Morgan fingerprint density at radius 3 is 1.76 bits per heavy atom. The second kappa shape index (κ2) is 32.4. The van der Waals surface area contributed by atoms with Gasteiger partial charge in [-0.3, -0.25) is 18.6 Å². The van der Waals surface area contributed by atoms with Crippen LogP contribution in [0.25, 0.3) is 0 Å². The number of hydrogen-bond donors (Lipinski definition) is 2. The smallest absolute Gasteiger partial charge is 0.462 e. The maximum atomic E-state index is 12.4. The van der Waals surface area contributed by atoms with Crippen molar-refractivity contribution in [1.82, 2.24) is 0 Å². The molecular formula is C35H66NO8P. The van der Waals surface area contributed by atoms with Crippen LogP contribution in [0.3, 0.4) is 0 Å². The van der Waals surface area contributed by atoms with Crippen molar-refractivity contribution in [3.05, 3.63) is 24.3 Å². The molecule has 3 N–H and O–H groups in total. The standard InChI is InChI=1S/C35H66NO8P/c1-3-5-7-9-11-12-13-14-15-16-17-18-19-20-22-23-25-27-34(37)41-31-33(32-43-45(39,40)42-30-29-36)44-35(38)28-26-24-21-10-8-6-4-2/h17-18,20,22,33H,3-16,19,21,23-32,36H2,1-2H3,(H,39,40)/b18-17+,22-20+/t33-/m0/s1. The van der Waals surface area contributed by atoms with E-state index >= 15 is 0 Å². The molecule has 2 atom stereocenters. The van der Waals surface area contributed by atoms with Gasteiger partial charge in [-0.15, -0.1) is 0 Å². The SMILES string of the molecule is CCCCCCCCCCC/C=C/C/C=C/CCCC(=O)OC[C@@H](COP(=O)(O)OCCN)OC(=O)CCCCCCCCC. The molecule has 0 spiro atoms. The summed E-state index contributed by atoms with van der Waals surface area (Å²) in [4.78, 5) is 34.4. The Hall–Kier alpha value is -1.51. The van der Waals surface area contributed by atoms with Gasteiger partial charge in [-0.1, -0.05) is 128 Å². The fraction of sp³-hybridized carbons (Fsp3) is 0.829. The minimum absolute atomic E-state index is 0.0493. The van der Waals surface area contributed by atoms with Gasteiger partial charge in [-0.05, 0) is 38.5 Å². The topological polar surface area (TPSA) is 134 Å². The molecule has 0 aliphatic heterocycles. The molecule has 0 aromatic carbocycles. The Balaban J connectivity index is 4.22. The Bertz CT molecular complexity index is 805. The zero-order valence-corrected chi connectivity index (χ0v) is 29.5. The van der Waals surface area contributed by atoms with E-state index in [2.05, 4.69) is 38.2 Å². The molecule has 10 heteroatoms. The van der Waals surface area contributed by atoms with Gasteiger partial charge in [-0.2, -0.15) is 0 Å². The van der Waals surface area contributed by atoms with Gasteiger partial charge in [0.2, 0.25) is 0 Å². The fourth-order valence-electron chi connectivity index (χ4n) is 4.67. The molecule has 45 heavy (non-hydrogen) atoms. The molecule has 0 heterocycles. The van der Waals surface area contributed by atoms with E-state index in [0.717, 1.165) is 38.5 Å². The lowest BCUT2D eigenvalue weighted by atomic mass is 10.1. The van der Waals surface area contributed by atoms with Crippen molar-refractivity contribution < 1.29 is 37.6 Å². The minimum Gasteiger partial charge on any atom is -0.462 e. The minimum atomic E-state index is -4.37. The van der Waals surface area contributed by atoms with E-state index in [1.807, 2.05) is 0 Å². The second-order valence-electron chi connectivity index (χ2n) is 11.7.